The Kier molecular flexibility index (Phi) is 4.45. The van der Waals surface area contributed by atoms with Gasteiger partial charge in [-0.2, -0.15) is 0 Å². The molecule has 4 nitrogen and oxygen atoms in total. The van der Waals surface area contributed by atoms with Gasteiger partial charge in [-0.05, 0) is 19.1 Å². The number of nitrogens with zero attached hydrogens (tertiary/aromatic N) is 2. The number of aliphatic hydroxyl groups excluding tert-OH is 1. The first-order chi connectivity index (χ1) is 9.49. The lowest BCUT2D eigenvalue weighted by Gasteiger charge is -2.32. The van der Waals surface area contributed by atoms with Crippen LogP contribution in [0.5, 0.6) is 0 Å². The van der Waals surface area contributed by atoms with Gasteiger partial charge in [0.2, 0.25) is 0 Å². The first-order valence-corrected chi connectivity index (χ1v) is 7.32. The van der Waals surface area contributed by atoms with Crippen LogP contribution in [0.15, 0.2) is 24.3 Å². The van der Waals surface area contributed by atoms with Crippen LogP contribution < -0.4 is 5.32 Å². The Morgan fingerprint density at radius 1 is 1.35 bits per heavy atom. The summed E-state index contributed by atoms with van der Waals surface area (Å²) in [6.45, 7) is 9.18. The van der Waals surface area contributed by atoms with E-state index in [1.807, 2.05) is 18.2 Å². The third kappa shape index (κ3) is 3.02. The number of aliphatic hydroxyl groups is 1. The SMILES string of the molecule is CCc1nc2ccccc2n1CC(C)(CO)NC(C)C. The molecular formula is C16H25N3O. The molecular weight excluding hydrogens is 250 g/mol. The maximum absolute atomic E-state index is 9.77. The molecule has 0 saturated carbocycles. The van der Waals surface area contributed by atoms with Crippen molar-refractivity contribution in [3.8, 4) is 0 Å². The summed E-state index contributed by atoms with van der Waals surface area (Å²) in [6.07, 6.45) is 0.887. The van der Waals surface area contributed by atoms with E-state index in [0.29, 0.717) is 12.6 Å². The van der Waals surface area contributed by atoms with Crippen molar-refractivity contribution in [2.75, 3.05) is 6.61 Å². The number of fused-ring (bicyclic) bond motifs is 1. The minimum Gasteiger partial charge on any atom is -0.394 e. The number of hydrogen-bond donors (Lipinski definition) is 2. The van der Waals surface area contributed by atoms with Crippen molar-refractivity contribution in [1.29, 1.82) is 0 Å². The number of para-hydroxylation sites is 2. The van der Waals surface area contributed by atoms with Gasteiger partial charge in [-0.25, -0.2) is 4.98 Å². The fraction of sp³-hybridized carbons (Fsp3) is 0.562. The molecule has 2 aromatic rings. The standard InChI is InChI=1S/C16H25N3O/c1-5-15-17-13-8-6-7-9-14(13)19(15)10-16(4,11-20)18-12(2)3/h6-9,12,18,20H,5,10-11H2,1-4H3. The number of imidazole rings is 1. The zero-order chi connectivity index (χ0) is 14.8. The van der Waals surface area contributed by atoms with Gasteiger partial charge < -0.3 is 15.0 Å². The second-order valence-electron chi connectivity index (χ2n) is 5.97. The van der Waals surface area contributed by atoms with E-state index in [1.165, 1.54) is 0 Å². The number of benzene rings is 1. The Morgan fingerprint density at radius 3 is 2.65 bits per heavy atom. The highest BCUT2D eigenvalue weighted by atomic mass is 16.3. The van der Waals surface area contributed by atoms with Crippen LogP contribution in [0.2, 0.25) is 0 Å². The largest absolute Gasteiger partial charge is 0.394 e. The molecule has 0 bridgehead atoms. The van der Waals surface area contributed by atoms with E-state index in [2.05, 4.69) is 48.6 Å². The molecule has 0 fully saturated rings. The summed E-state index contributed by atoms with van der Waals surface area (Å²) in [5.74, 6) is 1.07. The Hall–Kier alpha value is -1.39. The second-order valence-corrected chi connectivity index (χ2v) is 5.97. The maximum atomic E-state index is 9.77. The predicted molar refractivity (Wildman–Crippen MR) is 82.9 cm³/mol. The monoisotopic (exact) mass is 275 g/mol. The van der Waals surface area contributed by atoms with Crippen LogP contribution in [0.3, 0.4) is 0 Å². The zero-order valence-corrected chi connectivity index (χ0v) is 12.8. The molecule has 20 heavy (non-hydrogen) atoms. The third-order valence-corrected chi connectivity index (χ3v) is 3.54. The fourth-order valence-electron chi connectivity index (χ4n) is 2.76. The van der Waals surface area contributed by atoms with Crippen LogP contribution >= 0.6 is 0 Å². The lowest BCUT2D eigenvalue weighted by atomic mass is 10.0. The van der Waals surface area contributed by atoms with Crippen molar-refractivity contribution in [1.82, 2.24) is 14.9 Å². The Morgan fingerprint density at radius 2 is 2.05 bits per heavy atom. The molecule has 0 aliphatic rings. The van der Waals surface area contributed by atoms with Crippen LogP contribution in [-0.2, 0) is 13.0 Å². The number of aryl methyl sites for hydroxylation is 1. The summed E-state index contributed by atoms with van der Waals surface area (Å²) in [5.41, 5.74) is 1.81. The van der Waals surface area contributed by atoms with Crippen LogP contribution in [0.4, 0.5) is 0 Å². The van der Waals surface area contributed by atoms with Gasteiger partial charge in [-0.3, -0.25) is 0 Å². The normalized spacial score (nSPS) is 14.9. The Labute approximate surface area is 120 Å². The van der Waals surface area contributed by atoms with Gasteiger partial charge in [0, 0.05) is 19.0 Å². The average Bonchev–Trinajstić information content (AvgIpc) is 2.76. The second kappa shape index (κ2) is 5.94. The van der Waals surface area contributed by atoms with E-state index >= 15 is 0 Å². The van der Waals surface area contributed by atoms with Gasteiger partial charge in [0.1, 0.15) is 5.82 Å². The molecule has 1 aromatic heterocycles. The summed E-state index contributed by atoms with van der Waals surface area (Å²) >= 11 is 0. The molecule has 0 spiro atoms. The van der Waals surface area contributed by atoms with Crippen molar-refractivity contribution in [2.24, 2.45) is 0 Å². The van der Waals surface area contributed by atoms with Gasteiger partial charge in [0.05, 0.1) is 23.2 Å². The number of hydrogen-bond acceptors (Lipinski definition) is 3. The highest BCUT2D eigenvalue weighted by molar-refractivity contribution is 5.75. The summed E-state index contributed by atoms with van der Waals surface area (Å²) in [4.78, 5) is 4.68. The topological polar surface area (TPSA) is 50.1 Å². The summed E-state index contributed by atoms with van der Waals surface area (Å²) < 4.78 is 2.22. The van der Waals surface area contributed by atoms with Crippen molar-refractivity contribution in [3.63, 3.8) is 0 Å². The van der Waals surface area contributed by atoms with Crippen LogP contribution in [0.1, 0.15) is 33.5 Å². The van der Waals surface area contributed by atoms with E-state index in [-0.39, 0.29) is 12.1 Å². The van der Waals surface area contributed by atoms with Crippen molar-refractivity contribution >= 4 is 11.0 Å². The zero-order valence-electron chi connectivity index (χ0n) is 12.8. The third-order valence-electron chi connectivity index (χ3n) is 3.54. The molecule has 1 aromatic carbocycles. The summed E-state index contributed by atoms with van der Waals surface area (Å²) in [5, 5.41) is 13.2. The molecule has 1 unspecified atom stereocenters. The van der Waals surface area contributed by atoms with Crippen LogP contribution in [0, 0.1) is 0 Å². The first kappa shape index (κ1) is 15.0. The first-order valence-electron chi connectivity index (χ1n) is 7.32. The molecule has 0 saturated heterocycles. The molecule has 110 valence electrons. The van der Waals surface area contributed by atoms with E-state index in [0.717, 1.165) is 23.3 Å². The maximum Gasteiger partial charge on any atom is 0.109 e. The molecule has 0 aliphatic carbocycles. The van der Waals surface area contributed by atoms with Gasteiger partial charge >= 0.3 is 0 Å². The van der Waals surface area contributed by atoms with E-state index in [9.17, 15) is 5.11 Å². The van der Waals surface area contributed by atoms with Crippen LogP contribution in [0.25, 0.3) is 11.0 Å². The molecule has 2 rings (SSSR count). The lowest BCUT2D eigenvalue weighted by Crippen LogP contribution is -2.52. The highest BCUT2D eigenvalue weighted by Crippen LogP contribution is 2.20. The quantitative estimate of drug-likeness (QED) is 0.851. The molecule has 1 atom stereocenters. The van der Waals surface area contributed by atoms with Gasteiger partial charge in [0.25, 0.3) is 0 Å². The summed E-state index contributed by atoms with van der Waals surface area (Å²) in [6, 6.07) is 8.50. The molecule has 4 heteroatoms. The average molecular weight is 275 g/mol. The summed E-state index contributed by atoms with van der Waals surface area (Å²) in [7, 11) is 0. The van der Waals surface area contributed by atoms with Crippen molar-refractivity contribution in [2.45, 2.75) is 52.2 Å². The van der Waals surface area contributed by atoms with E-state index in [4.69, 9.17) is 0 Å². The fourth-order valence-corrected chi connectivity index (χ4v) is 2.76. The van der Waals surface area contributed by atoms with E-state index in [1.54, 1.807) is 0 Å². The highest BCUT2D eigenvalue weighted by Gasteiger charge is 2.26. The minimum absolute atomic E-state index is 0.0981. The Balaban J connectivity index is 2.41. The number of nitrogens with one attached hydrogen (secondary N) is 1. The predicted octanol–water partition coefficient (Wildman–Crippen LogP) is 2.35. The number of rotatable bonds is 6. The van der Waals surface area contributed by atoms with Crippen LogP contribution in [-0.4, -0.2) is 32.8 Å². The minimum atomic E-state index is -0.346. The van der Waals surface area contributed by atoms with Gasteiger partial charge in [0.15, 0.2) is 0 Å². The Bertz CT molecular complexity index is 576. The molecule has 0 aliphatic heterocycles. The lowest BCUT2D eigenvalue weighted by molar-refractivity contribution is 0.149. The molecule has 0 amide bonds. The van der Waals surface area contributed by atoms with Crippen molar-refractivity contribution in [3.05, 3.63) is 30.1 Å². The van der Waals surface area contributed by atoms with Gasteiger partial charge in [-0.15, -0.1) is 0 Å². The molecule has 1 heterocycles. The smallest absolute Gasteiger partial charge is 0.109 e. The molecule has 2 N–H and O–H groups in total. The number of aromatic nitrogens is 2. The van der Waals surface area contributed by atoms with Crippen molar-refractivity contribution < 1.29 is 5.11 Å². The molecule has 0 radical (unpaired) electrons. The van der Waals surface area contributed by atoms with Gasteiger partial charge in [-0.1, -0.05) is 32.9 Å². The van der Waals surface area contributed by atoms with E-state index < -0.39 is 0 Å².